The molecule has 154 valence electrons. The minimum Gasteiger partial charge on any atom is -0.325 e. The van der Waals surface area contributed by atoms with E-state index in [1.54, 1.807) is 53.1 Å². The monoisotopic (exact) mass is 411 g/mol. The van der Waals surface area contributed by atoms with Crippen molar-refractivity contribution >= 4 is 28.4 Å². The molecule has 0 saturated carbocycles. The molecule has 4 rings (SSSR count). The van der Waals surface area contributed by atoms with Crippen LogP contribution in [-0.2, 0) is 11.3 Å². The van der Waals surface area contributed by atoms with Crippen molar-refractivity contribution in [3.63, 3.8) is 0 Å². The van der Waals surface area contributed by atoms with E-state index < -0.39 is 5.43 Å². The van der Waals surface area contributed by atoms with Crippen molar-refractivity contribution in [2.45, 2.75) is 20.4 Å². The molecule has 2 aromatic heterocycles. The molecule has 1 amide bonds. The van der Waals surface area contributed by atoms with Gasteiger partial charge in [0.05, 0.1) is 10.9 Å². The third-order valence-electron chi connectivity index (χ3n) is 4.96. The van der Waals surface area contributed by atoms with Gasteiger partial charge in [0.1, 0.15) is 12.2 Å². The zero-order valence-electron chi connectivity index (χ0n) is 17.3. The van der Waals surface area contributed by atoms with Crippen molar-refractivity contribution in [1.82, 2.24) is 9.55 Å². The highest BCUT2D eigenvalue weighted by Gasteiger charge is 2.19. The first-order valence-corrected chi connectivity index (χ1v) is 9.89. The number of ketones is 1. The molecule has 0 saturated heterocycles. The Bertz CT molecular complexity index is 1360. The Labute approximate surface area is 179 Å². The predicted octanol–water partition coefficient (Wildman–Crippen LogP) is 3.88. The molecule has 6 nitrogen and oxygen atoms in total. The summed E-state index contributed by atoms with van der Waals surface area (Å²) in [5.74, 6) is -0.669. The van der Waals surface area contributed by atoms with Gasteiger partial charge in [0.2, 0.25) is 11.3 Å². The van der Waals surface area contributed by atoms with E-state index in [1.165, 1.54) is 6.20 Å². The lowest BCUT2D eigenvalue weighted by Gasteiger charge is -2.13. The number of carbonyl (C=O) groups excluding carboxylic acids is 2. The smallest absolute Gasteiger partial charge is 0.244 e. The van der Waals surface area contributed by atoms with Gasteiger partial charge in [-0.25, -0.2) is 4.98 Å². The average Bonchev–Trinajstić information content (AvgIpc) is 2.75. The van der Waals surface area contributed by atoms with Gasteiger partial charge in [-0.15, -0.1) is 0 Å². The molecule has 1 N–H and O–H groups in total. The van der Waals surface area contributed by atoms with Crippen LogP contribution in [0.2, 0.25) is 0 Å². The molecule has 0 atom stereocenters. The van der Waals surface area contributed by atoms with Gasteiger partial charge in [0, 0.05) is 23.1 Å². The van der Waals surface area contributed by atoms with Gasteiger partial charge in [0.25, 0.3) is 0 Å². The van der Waals surface area contributed by atoms with Crippen LogP contribution in [0, 0.1) is 13.8 Å². The fourth-order valence-corrected chi connectivity index (χ4v) is 3.47. The summed E-state index contributed by atoms with van der Waals surface area (Å²) in [6, 6.07) is 19.5. The molecule has 0 radical (unpaired) electrons. The molecule has 4 aromatic rings. The molecule has 0 bridgehead atoms. The Kier molecular flexibility index (Phi) is 5.45. The van der Waals surface area contributed by atoms with Crippen molar-refractivity contribution in [1.29, 1.82) is 0 Å². The van der Waals surface area contributed by atoms with Gasteiger partial charge in [-0.2, -0.15) is 0 Å². The first-order chi connectivity index (χ1) is 14.9. The number of fused-ring (bicyclic) bond motifs is 1. The summed E-state index contributed by atoms with van der Waals surface area (Å²) >= 11 is 0. The van der Waals surface area contributed by atoms with Crippen molar-refractivity contribution in [3.8, 4) is 0 Å². The zero-order chi connectivity index (χ0) is 22.0. The largest absolute Gasteiger partial charge is 0.325 e. The maximum absolute atomic E-state index is 13.0. The molecule has 2 aromatic carbocycles. The first kappa shape index (κ1) is 20.2. The van der Waals surface area contributed by atoms with E-state index in [1.807, 2.05) is 32.0 Å². The number of hydrogen-bond donors (Lipinski definition) is 1. The minimum atomic E-state index is -0.397. The van der Waals surface area contributed by atoms with Gasteiger partial charge in [-0.1, -0.05) is 42.5 Å². The standard InChI is InChI=1S/C25H21N3O3/c1-16-7-6-10-19(13-16)27-22(29)15-28-14-21(23(30)18-8-4-3-5-9-18)24(31)20-12-11-17(2)26-25(20)28/h3-14H,15H2,1-2H3,(H,27,29). The number of anilines is 1. The first-order valence-electron chi connectivity index (χ1n) is 9.89. The molecular weight excluding hydrogens is 390 g/mol. The van der Waals surface area contributed by atoms with E-state index in [2.05, 4.69) is 10.3 Å². The van der Waals surface area contributed by atoms with Gasteiger partial charge < -0.3 is 9.88 Å². The number of carbonyl (C=O) groups is 2. The van der Waals surface area contributed by atoms with Crippen LogP contribution in [0.4, 0.5) is 5.69 Å². The number of aromatic nitrogens is 2. The van der Waals surface area contributed by atoms with E-state index in [4.69, 9.17) is 0 Å². The lowest BCUT2D eigenvalue weighted by molar-refractivity contribution is -0.116. The van der Waals surface area contributed by atoms with Crippen LogP contribution in [0.15, 0.2) is 77.7 Å². The van der Waals surface area contributed by atoms with Crippen LogP contribution < -0.4 is 10.7 Å². The molecule has 2 heterocycles. The van der Waals surface area contributed by atoms with Gasteiger partial charge in [0.15, 0.2) is 5.78 Å². The molecule has 6 heteroatoms. The Morgan fingerprint density at radius 1 is 0.968 bits per heavy atom. The van der Waals surface area contributed by atoms with Gasteiger partial charge in [-0.05, 0) is 43.7 Å². The summed E-state index contributed by atoms with van der Waals surface area (Å²) in [4.78, 5) is 43.2. The van der Waals surface area contributed by atoms with Crippen molar-refractivity contribution < 1.29 is 9.59 Å². The van der Waals surface area contributed by atoms with Gasteiger partial charge in [-0.3, -0.25) is 14.4 Å². The lowest BCUT2D eigenvalue weighted by atomic mass is 10.0. The normalized spacial score (nSPS) is 10.8. The number of rotatable bonds is 5. The molecule has 0 aliphatic carbocycles. The average molecular weight is 411 g/mol. The number of aryl methyl sites for hydroxylation is 2. The second-order valence-electron chi connectivity index (χ2n) is 7.44. The number of amides is 1. The SMILES string of the molecule is Cc1cccc(NC(=O)Cn2cc(C(=O)c3ccccc3)c(=O)c3ccc(C)nc32)c1. The van der Waals surface area contributed by atoms with Crippen LogP contribution >= 0.6 is 0 Å². The maximum Gasteiger partial charge on any atom is 0.244 e. The fourth-order valence-electron chi connectivity index (χ4n) is 3.47. The molecule has 0 unspecified atom stereocenters. The minimum absolute atomic E-state index is 0.00714. The van der Waals surface area contributed by atoms with Crippen molar-refractivity contribution in [3.05, 3.63) is 106 Å². The highest BCUT2D eigenvalue weighted by molar-refractivity contribution is 6.10. The summed E-state index contributed by atoms with van der Waals surface area (Å²) in [5.41, 5.74) is 2.81. The predicted molar refractivity (Wildman–Crippen MR) is 120 cm³/mol. The highest BCUT2D eigenvalue weighted by Crippen LogP contribution is 2.15. The van der Waals surface area contributed by atoms with Crippen molar-refractivity contribution in [2.24, 2.45) is 0 Å². The number of nitrogens with zero attached hydrogens (tertiary/aromatic N) is 2. The zero-order valence-corrected chi connectivity index (χ0v) is 17.3. The summed E-state index contributed by atoms with van der Waals surface area (Å²) in [5, 5.41) is 3.16. The van der Waals surface area contributed by atoms with E-state index >= 15 is 0 Å². The highest BCUT2D eigenvalue weighted by atomic mass is 16.2. The van der Waals surface area contributed by atoms with E-state index in [-0.39, 0.29) is 23.8 Å². The quantitative estimate of drug-likeness (QED) is 0.505. The topological polar surface area (TPSA) is 81.1 Å². The van der Waals surface area contributed by atoms with Gasteiger partial charge >= 0.3 is 0 Å². The Hall–Kier alpha value is -4.06. The second-order valence-corrected chi connectivity index (χ2v) is 7.44. The van der Waals surface area contributed by atoms with Crippen LogP contribution in [0.5, 0.6) is 0 Å². The number of benzene rings is 2. The molecular formula is C25H21N3O3. The lowest BCUT2D eigenvalue weighted by Crippen LogP contribution is -2.25. The third kappa shape index (κ3) is 4.28. The summed E-state index contributed by atoms with van der Waals surface area (Å²) in [6.07, 6.45) is 1.43. The summed E-state index contributed by atoms with van der Waals surface area (Å²) < 4.78 is 1.56. The van der Waals surface area contributed by atoms with E-state index in [0.29, 0.717) is 28.0 Å². The second kappa shape index (κ2) is 8.36. The van der Waals surface area contributed by atoms with Crippen LogP contribution in [0.25, 0.3) is 11.0 Å². The third-order valence-corrected chi connectivity index (χ3v) is 4.96. The molecule has 0 aliphatic heterocycles. The van der Waals surface area contributed by atoms with Crippen LogP contribution in [0.1, 0.15) is 27.2 Å². The number of nitrogens with one attached hydrogen (secondary N) is 1. The molecule has 0 spiro atoms. The summed E-state index contributed by atoms with van der Waals surface area (Å²) in [6.45, 7) is 3.67. The molecule has 31 heavy (non-hydrogen) atoms. The molecule has 0 aliphatic rings. The Balaban J connectivity index is 1.77. The van der Waals surface area contributed by atoms with Crippen LogP contribution in [-0.4, -0.2) is 21.2 Å². The maximum atomic E-state index is 13.0. The van der Waals surface area contributed by atoms with E-state index in [9.17, 15) is 14.4 Å². The Morgan fingerprint density at radius 3 is 2.48 bits per heavy atom. The Morgan fingerprint density at radius 2 is 1.74 bits per heavy atom. The fraction of sp³-hybridized carbons (Fsp3) is 0.120. The van der Waals surface area contributed by atoms with Crippen molar-refractivity contribution in [2.75, 3.05) is 5.32 Å². The number of pyridine rings is 2. The van der Waals surface area contributed by atoms with Crippen LogP contribution in [0.3, 0.4) is 0 Å². The van der Waals surface area contributed by atoms with E-state index in [0.717, 1.165) is 5.56 Å². The molecule has 0 fully saturated rings. The number of hydrogen-bond acceptors (Lipinski definition) is 4. The summed E-state index contributed by atoms with van der Waals surface area (Å²) in [7, 11) is 0.